The minimum absolute atomic E-state index is 0.0740. The summed E-state index contributed by atoms with van der Waals surface area (Å²) >= 11 is 5.82. The fourth-order valence-electron chi connectivity index (χ4n) is 1.46. The summed E-state index contributed by atoms with van der Waals surface area (Å²) in [6.45, 7) is 1.82. The smallest absolute Gasteiger partial charge is 0.314 e. The van der Waals surface area contributed by atoms with E-state index in [2.05, 4.69) is 0 Å². The quantitative estimate of drug-likeness (QED) is 0.815. The zero-order chi connectivity index (χ0) is 13.9. The van der Waals surface area contributed by atoms with Crippen molar-refractivity contribution in [3.8, 4) is 0 Å². The van der Waals surface area contributed by atoms with E-state index in [1.165, 1.54) is 7.05 Å². The highest BCUT2D eigenvalue weighted by atomic mass is 35.5. The van der Waals surface area contributed by atoms with E-state index in [-0.39, 0.29) is 23.0 Å². The standard InChI is InChI=1S/C12H13ClF3NO/c1-3-4-11(18)17(2)10-7-8(12(14,15)16)5-6-9(10)13/h5-7H,3-4H2,1-2H3. The third-order valence-corrected chi connectivity index (χ3v) is 2.79. The van der Waals surface area contributed by atoms with Crippen LogP contribution in [-0.4, -0.2) is 13.0 Å². The molecule has 0 fully saturated rings. The van der Waals surface area contributed by atoms with Crippen molar-refractivity contribution < 1.29 is 18.0 Å². The number of carbonyl (C=O) groups is 1. The van der Waals surface area contributed by atoms with E-state index in [1.54, 1.807) is 0 Å². The Labute approximate surface area is 108 Å². The topological polar surface area (TPSA) is 20.3 Å². The Morgan fingerprint density at radius 3 is 2.50 bits per heavy atom. The molecule has 0 unspecified atom stereocenters. The molecule has 18 heavy (non-hydrogen) atoms. The molecule has 1 amide bonds. The lowest BCUT2D eigenvalue weighted by Gasteiger charge is -2.20. The molecular weight excluding hydrogens is 267 g/mol. The van der Waals surface area contributed by atoms with Gasteiger partial charge in [0.05, 0.1) is 16.3 Å². The maximum atomic E-state index is 12.6. The molecule has 0 spiro atoms. The number of hydrogen-bond acceptors (Lipinski definition) is 1. The Morgan fingerprint density at radius 2 is 2.00 bits per heavy atom. The van der Waals surface area contributed by atoms with Gasteiger partial charge in [-0.3, -0.25) is 4.79 Å². The van der Waals surface area contributed by atoms with E-state index in [0.29, 0.717) is 6.42 Å². The van der Waals surface area contributed by atoms with Crippen molar-refractivity contribution in [2.75, 3.05) is 11.9 Å². The van der Waals surface area contributed by atoms with Gasteiger partial charge in [0.15, 0.2) is 0 Å². The highest BCUT2D eigenvalue weighted by Gasteiger charge is 2.31. The fourth-order valence-corrected chi connectivity index (χ4v) is 1.71. The molecule has 1 aromatic rings. The van der Waals surface area contributed by atoms with Crippen molar-refractivity contribution in [1.82, 2.24) is 0 Å². The van der Waals surface area contributed by atoms with Gasteiger partial charge in [-0.15, -0.1) is 0 Å². The molecule has 0 N–H and O–H groups in total. The number of nitrogens with zero attached hydrogens (tertiary/aromatic N) is 1. The van der Waals surface area contributed by atoms with Crippen LogP contribution in [0.3, 0.4) is 0 Å². The monoisotopic (exact) mass is 279 g/mol. The summed E-state index contributed by atoms with van der Waals surface area (Å²) in [5.41, 5.74) is -0.747. The molecule has 0 atom stereocenters. The molecule has 0 saturated carbocycles. The molecule has 0 bridgehead atoms. The van der Waals surface area contributed by atoms with Crippen LogP contribution in [0.4, 0.5) is 18.9 Å². The molecule has 0 aliphatic carbocycles. The maximum absolute atomic E-state index is 12.6. The van der Waals surface area contributed by atoms with Crippen LogP contribution in [0.2, 0.25) is 5.02 Å². The zero-order valence-electron chi connectivity index (χ0n) is 10.0. The van der Waals surface area contributed by atoms with Gasteiger partial charge in [-0.2, -0.15) is 13.2 Å². The molecule has 0 aliphatic rings. The number of halogens is 4. The number of alkyl halides is 3. The second kappa shape index (κ2) is 5.61. The van der Waals surface area contributed by atoms with Gasteiger partial charge in [0.25, 0.3) is 0 Å². The van der Waals surface area contributed by atoms with Crippen LogP contribution in [0.1, 0.15) is 25.3 Å². The molecule has 2 nitrogen and oxygen atoms in total. The van der Waals surface area contributed by atoms with Gasteiger partial charge < -0.3 is 4.90 Å². The zero-order valence-corrected chi connectivity index (χ0v) is 10.8. The summed E-state index contributed by atoms with van der Waals surface area (Å²) in [5, 5.41) is 0.120. The van der Waals surface area contributed by atoms with E-state index >= 15 is 0 Å². The number of benzene rings is 1. The Morgan fingerprint density at radius 1 is 1.39 bits per heavy atom. The maximum Gasteiger partial charge on any atom is 0.416 e. The SMILES string of the molecule is CCCC(=O)N(C)c1cc(C(F)(F)F)ccc1Cl. The predicted molar refractivity (Wildman–Crippen MR) is 64.8 cm³/mol. The van der Waals surface area contributed by atoms with Crippen molar-refractivity contribution >= 4 is 23.2 Å². The number of amides is 1. The van der Waals surface area contributed by atoms with Gasteiger partial charge in [0, 0.05) is 13.5 Å². The van der Waals surface area contributed by atoms with Crippen LogP contribution in [-0.2, 0) is 11.0 Å². The second-order valence-electron chi connectivity index (χ2n) is 3.87. The Kier molecular flexibility index (Phi) is 4.62. The number of hydrogen-bond donors (Lipinski definition) is 0. The third-order valence-electron chi connectivity index (χ3n) is 2.47. The van der Waals surface area contributed by atoms with Crippen LogP contribution in [0.15, 0.2) is 18.2 Å². The lowest BCUT2D eigenvalue weighted by molar-refractivity contribution is -0.137. The minimum atomic E-state index is -4.45. The van der Waals surface area contributed by atoms with E-state index in [4.69, 9.17) is 11.6 Å². The average molecular weight is 280 g/mol. The van der Waals surface area contributed by atoms with Crippen LogP contribution in [0, 0.1) is 0 Å². The normalized spacial score (nSPS) is 11.4. The van der Waals surface area contributed by atoms with Crippen molar-refractivity contribution in [3.05, 3.63) is 28.8 Å². The molecule has 0 aromatic heterocycles. The number of rotatable bonds is 3. The Balaban J connectivity index is 3.12. The number of carbonyl (C=O) groups excluding carboxylic acids is 1. The van der Waals surface area contributed by atoms with E-state index in [1.807, 2.05) is 6.92 Å². The highest BCUT2D eigenvalue weighted by molar-refractivity contribution is 6.33. The van der Waals surface area contributed by atoms with Crippen LogP contribution in [0.25, 0.3) is 0 Å². The first-order valence-electron chi connectivity index (χ1n) is 5.40. The van der Waals surface area contributed by atoms with Crippen LogP contribution >= 0.6 is 11.6 Å². The lowest BCUT2D eigenvalue weighted by Crippen LogP contribution is -2.26. The van der Waals surface area contributed by atoms with Crippen molar-refractivity contribution in [1.29, 1.82) is 0 Å². The van der Waals surface area contributed by atoms with Crippen molar-refractivity contribution in [3.63, 3.8) is 0 Å². The molecule has 0 heterocycles. The number of anilines is 1. The van der Waals surface area contributed by atoms with Gasteiger partial charge in [0.2, 0.25) is 5.91 Å². The first-order chi connectivity index (χ1) is 8.27. The Bertz CT molecular complexity index is 445. The van der Waals surface area contributed by atoms with Gasteiger partial charge in [0.1, 0.15) is 0 Å². The first-order valence-corrected chi connectivity index (χ1v) is 5.78. The first kappa shape index (κ1) is 14.8. The van der Waals surface area contributed by atoms with Gasteiger partial charge in [-0.05, 0) is 24.6 Å². The summed E-state index contributed by atoms with van der Waals surface area (Å²) < 4.78 is 37.7. The lowest BCUT2D eigenvalue weighted by atomic mass is 10.1. The van der Waals surface area contributed by atoms with Gasteiger partial charge >= 0.3 is 6.18 Å². The van der Waals surface area contributed by atoms with Crippen molar-refractivity contribution in [2.45, 2.75) is 25.9 Å². The van der Waals surface area contributed by atoms with E-state index in [9.17, 15) is 18.0 Å². The molecule has 0 aliphatic heterocycles. The van der Waals surface area contributed by atoms with E-state index < -0.39 is 11.7 Å². The van der Waals surface area contributed by atoms with Crippen molar-refractivity contribution in [2.24, 2.45) is 0 Å². The van der Waals surface area contributed by atoms with Gasteiger partial charge in [-0.25, -0.2) is 0 Å². The summed E-state index contributed by atoms with van der Waals surface area (Å²) in [6, 6.07) is 2.93. The predicted octanol–water partition coefficient (Wildman–Crippen LogP) is 4.12. The molecular formula is C12H13ClF3NO. The molecule has 6 heteroatoms. The largest absolute Gasteiger partial charge is 0.416 e. The molecule has 1 aromatic carbocycles. The Hall–Kier alpha value is -1.23. The summed E-state index contributed by atoms with van der Waals surface area (Å²) in [6.07, 6.45) is -3.56. The fraction of sp³-hybridized carbons (Fsp3) is 0.417. The second-order valence-corrected chi connectivity index (χ2v) is 4.27. The minimum Gasteiger partial charge on any atom is -0.314 e. The summed E-state index contributed by atoms with van der Waals surface area (Å²) in [4.78, 5) is 12.8. The van der Waals surface area contributed by atoms with Gasteiger partial charge in [-0.1, -0.05) is 18.5 Å². The highest BCUT2D eigenvalue weighted by Crippen LogP contribution is 2.35. The van der Waals surface area contributed by atoms with Crippen LogP contribution in [0.5, 0.6) is 0 Å². The van der Waals surface area contributed by atoms with Crippen LogP contribution < -0.4 is 4.90 Å². The molecule has 1 rings (SSSR count). The van der Waals surface area contributed by atoms with E-state index in [0.717, 1.165) is 23.1 Å². The average Bonchev–Trinajstić information content (AvgIpc) is 2.27. The summed E-state index contributed by atoms with van der Waals surface area (Å²) in [7, 11) is 1.42. The molecule has 0 saturated heterocycles. The molecule has 100 valence electrons. The summed E-state index contributed by atoms with van der Waals surface area (Å²) in [5.74, 6) is -0.265. The third kappa shape index (κ3) is 3.38. The molecule has 0 radical (unpaired) electrons.